The van der Waals surface area contributed by atoms with Crippen LogP contribution in [0.15, 0.2) is 12.1 Å². The van der Waals surface area contributed by atoms with Gasteiger partial charge in [0.15, 0.2) is 17.3 Å². The molecule has 0 saturated heterocycles. The maximum absolute atomic E-state index is 13.5. The quantitative estimate of drug-likeness (QED) is 0.785. The van der Waals surface area contributed by atoms with Gasteiger partial charge in [-0.25, -0.2) is 4.39 Å². The summed E-state index contributed by atoms with van der Waals surface area (Å²) in [5.41, 5.74) is 6.21. The van der Waals surface area contributed by atoms with Gasteiger partial charge in [-0.15, -0.1) is 0 Å². The molecule has 1 aliphatic carbocycles. The molecule has 0 aliphatic heterocycles. The summed E-state index contributed by atoms with van der Waals surface area (Å²) < 4.78 is 18.2. The minimum Gasteiger partial charge on any atom is -0.504 e. The highest BCUT2D eigenvalue weighted by molar-refractivity contribution is 5.45. The van der Waals surface area contributed by atoms with Crippen molar-refractivity contribution in [3.8, 4) is 11.5 Å². The van der Waals surface area contributed by atoms with Crippen molar-refractivity contribution in [3.05, 3.63) is 23.5 Å². The first-order valence-electron chi connectivity index (χ1n) is 4.93. The summed E-state index contributed by atoms with van der Waals surface area (Å²) in [6, 6.07) is 2.83. The number of ether oxygens (including phenoxy) is 1. The van der Waals surface area contributed by atoms with Crippen LogP contribution in [0.2, 0.25) is 0 Å². The lowest BCUT2D eigenvalue weighted by atomic mass is 9.73. The van der Waals surface area contributed by atoms with E-state index in [4.69, 9.17) is 10.5 Å². The molecule has 82 valence electrons. The molecular formula is C11H14FNO2. The zero-order chi connectivity index (χ0) is 11.1. The van der Waals surface area contributed by atoms with Crippen molar-refractivity contribution in [1.82, 2.24) is 0 Å². The van der Waals surface area contributed by atoms with E-state index in [1.807, 2.05) is 0 Å². The lowest BCUT2D eigenvalue weighted by Crippen LogP contribution is -2.43. The normalized spacial score (nSPS) is 18.3. The van der Waals surface area contributed by atoms with Crippen LogP contribution in [0.1, 0.15) is 24.8 Å². The summed E-state index contributed by atoms with van der Waals surface area (Å²) >= 11 is 0. The Kier molecular flexibility index (Phi) is 2.31. The Bertz CT molecular complexity index is 365. The number of phenols is 1. The molecule has 0 unspecified atom stereocenters. The fourth-order valence-corrected chi connectivity index (χ4v) is 1.91. The third-order valence-corrected chi connectivity index (χ3v) is 3.05. The molecule has 0 radical (unpaired) electrons. The van der Waals surface area contributed by atoms with Gasteiger partial charge in [0.1, 0.15) is 0 Å². The molecule has 0 atom stereocenters. The molecule has 2 rings (SSSR count). The topological polar surface area (TPSA) is 55.5 Å². The Hall–Kier alpha value is -1.29. The molecule has 3 N–H and O–H groups in total. The molecule has 1 aromatic carbocycles. The number of phenolic OH excluding ortho intramolecular Hbond substituents is 1. The van der Waals surface area contributed by atoms with E-state index in [9.17, 15) is 9.50 Å². The summed E-state index contributed by atoms with van der Waals surface area (Å²) in [5.74, 6) is -0.880. The van der Waals surface area contributed by atoms with Crippen molar-refractivity contribution in [2.45, 2.75) is 24.8 Å². The van der Waals surface area contributed by atoms with Crippen LogP contribution in [0.5, 0.6) is 11.5 Å². The number of halogens is 1. The van der Waals surface area contributed by atoms with Gasteiger partial charge in [0.2, 0.25) is 0 Å². The van der Waals surface area contributed by atoms with E-state index < -0.39 is 11.4 Å². The number of hydrogen-bond acceptors (Lipinski definition) is 3. The number of methoxy groups -OCH3 is 1. The minimum atomic E-state index is -0.566. The van der Waals surface area contributed by atoms with E-state index in [1.165, 1.54) is 19.2 Å². The third kappa shape index (κ3) is 1.55. The van der Waals surface area contributed by atoms with Gasteiger partial charge in [-0.2, -0.15) is 0 Å². The van der Waals surface area contributed by atoms with Gasteiger partial charge < -0.3 is 15.6 Å². The SMILES string of the molecule is COc1c(O)cc(C2(N)CCC2)cc1F. The zero-order valence-corrected chi connectivity index (χ0v) is 8.59. The van der Waals surface area contributed by atoms with Gasteiger partial charge in [-0.05, 0) is 37.0 Å². The largest absolute Gasteiger partial charge is 0.504 e. The molecule has 0 heterocycles. The van der Waals surface area contributed by atoms with Crippen LogP contribution in [0, 0.1) is 5.82 Å². The molecule has 15 heavy (non-hydrogen) atoms. The van der Waals surface area contributed by atoms with Crippen LogP contribution in [-0.2, 0) is 5.54 Å². The number of aromatic hydroxyl groups is 1. The highest BCUT2D eigenvalue weighted by Crippen LogP contribution is 2.42. The van der Waals surface area contributed by atoms with Crippen molar-refractivity contribution < 1.29 is 14.2 Å². The maximum atomic E-state index is 13.5. The molecule has 0 aromatic heterocycles. The van der Waals surface area contributed by atoms with Crippen LogP contribution in [0.4, 0.5) is 4.39 Å². The Morgan fingerprint density at radius 3 is 2.53 bits per heavy atom. The van der Waals surface area contributed by atoms with E-state index >= 15 is 0 Å². The van der Waals surface area contributed by atoms with Crippen LogP contribution >= 0.6 is 0 Å². The molecule has 0 bridgehead atoms. The number of rotatable bonds is 2. The Morgan fingerprint density at radius 1 is 1.47 bits per heavy atom. The van der Waals surface area contributed by atoms with Gasteiger partial charge in [0.25, 0.3) is 0 Å². The first-order chi connectivity index (χ1) is 7.07. The summed E-state index contributed by atoms with van der Waals surface area (Å²) in [4.78, 5) is 0. The molecule has 1 aromatic rings. The molecule has 0 amide bonds. The molecule has 3 nitrogen and oxygen atoms in total. The summed E-state index contributed by atoms with van der Waals surface area (Å²) in [6.45, 7) is 0. The second kappa shape index (κ2) is 3.38. The van der Waals surface area contributed by atoms with Gasteiger partial charge in [0, 0.05) is 5.54 Å². The first-order valence-corrected chi connectivity index (χ1v) is 4.93. The van der Waals surface area contributed by atoms with E-state index in [2.05, 4.69) is 0 Å². The van der Waals surface area contributed by atoms with E-state index in [-0.39, 0.29) is 11.5 Å². The number of hydrogen-bond donors (Lipinski definition) is 2. The van der Waals surface area contributed by atoms with Gasteiger partial charge in [-0.1, -0.05) is 0 Å². The van der Waals surface area contributed by atoms with Gasteiger partial charge in [-0.3, -0.25) is 0 Å². The monoisotopic (exact) mass is 211 g/mol. The molecule has 4 heteroatoms. The van der Waals surface area contributed by atoms with Crippen LogP contribution in [-0.4, -0.2) is 12.2 Å². The molecule has 1 saturated carbocycles. The standard InChI is InChI=1S/C11H14FNO2/c1-15-10-8(12)5-7(6-9(10)14)11(13)3-2-4-11/h5-6,14H,2-4,13H2,1H3. The fourth-order valence-electron chi connectivity index (χ4n) is 1.91. The number of benzene rings is 1. The van der Waals surface area contributed by atoms with E-state index in [1.54, 1.807) is 0 Å². The van der Waals surface area contributed by atoms with E-state index in [0.29, 0.717) is 5.56 Å². The smallest absolute Gasteiger partial charge is 0.196 e. The maximum Gasteiger partial charge on any atom is 0.196 e. The second-order valence-corrected chi connectivity index (χ2v) is 4.02. The third-order valence-electron chi connectivity index (χ3n) is 3.05. The Morgan fingerprint density at radius 2 is 2.13 bits per heavy atom. The molecule has 0 spiro atoms. The fraction of sp³-hybridized carbons (Fsp3) is 0.455. The lowest BCUT2D eigenvalue weighted by Gasteiger charge is -2.38. The Balaban J connectivity index is 2.43. The highest BCUT2D eigenvalue weighted by atomic mass is 19.1. The van der Waals surface area contributed by atoms with Gasteiger partial charge in [0.05, 0.1) is 7.11 Å². The molecule has 1 aliphatic rings. The molecule has 1 fully saturated rings. The summed E-state index contributed by atoms with van der Waals surface area (Å²) in [7, 11) is 1.32. The van der Waals surface area contributed by atoms with Crippen molar-refractivity contribution >= 4 is 0 Å². The van der Waals surface area contributed by atoms with Gasteiger partial charge >= 0.3 is 0 Å². The highest BCUT2D eigenvalue weighted by Gasteiger charge is 2.35. The molecular weight excluding hydrogens is 197 g/mol. The van der Waals surface area contributed by atoms with Crippen molar-refractivity contribution in [2.24, 2.45) is 5.73 Å². The van der Waals surface area contributed by atoms with Crippen molar-refractivity contribution in [1.29, 1.82) is 0 Å². The Labute approximate surface area is 87.7 Å². The van der Waals surface area contributed by atoms with Crippen LogP contribution in [0.25, 0.3) is 0 Å². The average Bonchev–Trinajstić information content (AvgIpc) is 2.13. The predicted octanol–water partition coefficient (Wildman–Crippen LogP) is 1.88. The van der Waals surface area contributed by atoms with Crippen LogP contribution < -0.4 is 10.5 Å². The van der Waals surface area contributed by atoms with E-state index in [0.717, 1.165) is 19.3 Å². The minimum absolute atomic E-state index is 0.123. The zero-order valence-electron chi connectivity index (χ0n) is 8.59. The predicted molar refractivity (Wildman–Crippen MR) is 54.3 cm³/mol. The average molecular weight is 211 g/mol. The second-order valence-electron chi connectivity index (χ2n) is 4.02. The summed E-state index contributed by atoms with van der Waals surface area (Å²) in [5, 5.41) is 9.53. The summed E-state index contributed by atoms with van der Waals surface area (Å²) in [6.07, 6.45) is 2.71. The first kappa shape index (κ1) is 10.2. The van der Waals surface area contributed by atoms with Crippen molar-refractivity contribution in [2.75, 3.05) is 7.11 Å². The lowest BCUT2D eigenvalue weighted by molar-refractivity contribution is 0.250. The van der Waals surface area contributed by atoms with Crippen molar-refractivity contribution in [3.63, 3.8) is 0 Å². The number of nitrogens with two attached hydrogens (primary N) is 1. The van der Waals surface area contributed by atoms with Crippen LogP contribution in [0.3, 0.4) is 0 Å².